The Morgan fingerprint density at radius 3 is 2.27 bits per heavy atom. The van der Waals surface area contributed by atoms with Gasteiger partial charge in [-0.05, 0) is 43.4 Å². The van der Waals surface area contributed by atoms with E-state index in [4.69, 9.17) is 11.6 Å². The van der Waals surface area contributed by atoms with Crippen LogP contribution in [0.4, 0.5) is 0 Å². The number of piperidine rings is 1. The van der Waals surface area contributed by atoms with Gasteiger partial charge in [-0.1, -0.05) is 43.0 Å². The van der Waals surface area contributed by atoms with E-state index >= 15 is 0 Å². The van der Waals surface area contributed by atoms with Crippen LogP contribution in [-0.4, -0.2) is 41.8 Å². The van der Waals surface area contributed by atoms with Crippen LogP contribution in [0.15, 0.2) is 24.3 Å². The summed E-state index contributed by atoms with van der Waals surface area (Å²) in [6.07, 6.45) is 7.31. The number of nitrogens with zero attached hydrogens (tertiary/aromatic N) is 1. The molecule has 1 atom stereocenters. The molecule has 2 aliphatic rings. The first-order valence-electron chi connectivity index (χ1n) is 11.0. The van der Waals surface area contributed by atoms with Gasteiger partial charge in [0, 0.05) is 37.0 Å². The number of hydrogen-bond acceptors (Lipinski definition) is 3. The molecule has 1 saturated carbocycles. The highest BCUT2D eigenvalue weighted by Gasteiger charge is 2.30. The minimum Gasteiger partial charge on any atom is -0.353 e. The first kappa shape index (κ1) is 22.6. The third-order valence-corrected chi connectivity index (χ3v) is 6.42. The fourth-order valence-corrected chi connectivity index (χ4v) is 4.64. The average molecular weight is 434 g/mol. The Labute approximate surface area is 183 Å². The van der Waals surface area contributed by atoms with Gasteiger partial charge in [0.1, 0.15) is 0 Å². The van der Waals surface area contributed by atoms with Crippen molar-refractivity contribution in [2.24, 2.45) is 5.92 Å². The van der Waals surface area contributed by atoms with Crippen molar-refractivity contribution in [3.05, 3.63) is 34.9 Å². The average Bonchev–Trinajstić information content (AvgIpc) is 2.74. The Morgan fingerprint density at radius 2 is 1.67 bits per heavy atom. The summed E-state index contributed by atoms with van der Waals surface area (Å²) < 4.78 is 0. The zero-order valence-electron chi connectivity index (χ0n) is 17.7. The Kier molecular flexibility index (Phi) is 8.14. The molecule has 1 heterocycles. The van der Waals surface area contributed by atoms with Gasteiger partial charge in [-0.2, -0.15) is 0 Å². The van der Waals surface area contributed by atoms with E-state index in [1.54, 1.807) is 12.1 Å². The second-order valence-corrected chi connectivity index (χ2v) is 8.95. The zero-order valence-corrected chi connectivity index (χ0v) is 18.4. The molecule has 0 bridgehead atoms. The van der Waals surface area contributed by atoms with Crippen LogP contribution < -0.4 is 10.6 Å². The molecule has 1 saturated heterocycles. The lowest BCUT2D eigenvalue weighted by Crippen LogP contribution is -2.48. The molecular weight excluding hydrogens is 402 g/mol. The molecule has 0 radical (unpaired) electrons. The predicted molar refractivity (Wildman–Crippen MR) is 117 cm³/mol. The maximum Gasteiger partial charge on any atom is 0.225 e. The third-order valence-electron chi connectivity index (χ3n) is 6.17. The minimum atomic E-state index is -0.396. The maximum absolute atomic E-state index is 12.7. The molecule has 1 aliphatic carbocycles. The highest BCUT2D eigenvalue weighted by atomic mass is 35.5. The SMILES string of the molecule is CC(=O)NC(CC(=O)NC1CCN(C(=O)C2CCCCC2)CC1)c1ccc(Cl)cc1. The van der Waals surface area contributed by atoms with E-state index in [0.29, 0.717) is 24.0 Å². The van der Waals surface area contributed by atoms with Crippen LogP contribution in [0, 0.1) is 5.92 Å². The van der Waals surface area contributed by atoms with Gasteiger partial charge in [0.15, 0.2) is 0 Å². The molecule has 0 spiro atoms. The molecule has 1 aromatic rings. The van der Waals surface area contributed by atoms with Gasteiger partial charge in [0.25, 0.3) is 0 Å². The van der Waals surface area contributed by atoms with Crippen molar-refractivity contribution in [3.8, 4) is 0 Å². The molecule has 3 amide bonds. The molecular formula is C23H32ClN3O3. The van der Waals surface area contributed by atoms with Crippen molar-refractivity contribution < 1.29 is 14.4 Å². The molecule has 2 fully saturated rings. The van der Waals surface area contributed by atoms with Crippen molar-refractivity contribution >= 4 is 29.3 Å². The monoisotopic (exact) mass is 433 g/mol. The summed E-state index contributed by atoms with van der Waals surface area (Å²) in [4.78, 5) is 38.9. The standard InChI is InChI=1S/C23H32ClN3O3/c1-16(28)25-21(17-7-9-19(24)10-8-17)15-22(29)26-20-11-13-27(14-12-20)23(30)18-5-3-2-4-6-18/h7-10,18,20-21H,2-6,11-15H2,1H3,(H,25,28)(H,26,29). The number of carbonyl (C=O) groups is 3. The predicted octanol–water partition coefficient (Wildman–Crippen LogP) is 3.59. The van der Waals surface area contributed by atoms with Crippen LogP contribution in [-0.2, 0) is 14.4 Å². The normalized spacial score (nSPS) is 19.2. The van der Waals surface area contributed by atoms with E-state index in [9.17, 15) is 14.4 Å². The van der Waals surface area contributed by atoms with Crippen molar-refractivity contribution in [1.82, 2.24) is 15.5 Å². The fraction of sp³-hybridized carbons (Fsp3) is 0.609. The number of carbonyl (C=O) groups excluding carboxylic acids is 3. The highest BCUT2D eigenvalue weighted by Crippen LogP contribution is 2.27. The summed E-state index contributed by atoms with van der Waals surface area (Å²) in [5, 5.41) is 6.55. The quantitative estimate of drug-likeness (QED) is 0.719. The smallest absolute Gasteiger partial charge is 0.225 e. The van der Waals surface area contributed by atoms with Crippen molar-refractivity contribution in [1.29, 1.82) is 0 Å². The molecule has 2 N–H and O–H groups in total. The molecule has 1 aromatic carbocycles. The van der Waals surface area contributed by atoms with Gasteiger partial charge in [-0.25, -0.2) is 0 Å². The topological polar surface area (TPSA) is 78.5 Å². The fourth-order valence-electron chi connectivity index (χ4n) is 4.52. The molecule has 1 aliphatic heterocycles. The molecule has 0 aromatic heterocycles. The van der Waals surface area contributed by atoms with Crippen LogP contribution >= 0.6 is 11.6 Å². The summed E-state index contributed by atoms with van der Waals surface area (Å²) in [5.41, 5.74) is 0.845. The van der Waals surface area contributed by atoms with Gasteiger partial charge in [0.05, 0.1) is 12.5 Å². The second kappa shape index (κ2) is 10.8. The maximum atomic E-state index is 12.7. The number of halogens is 1. The largest absolute Gasteiger partial charge is 0.353 e. The Balaban J connectivity index is 1.48. The first-order valence-corrected chi connectivity index (χ1v) is 11.4. The minimum absolute atomic E-state index is 0.0658. The van der Waals surface area contributed by atoms with E-state index in [2.05, 4.69) is 10.6 Å². The van der Waals surface area contributed by atoms with E-state index in [-0.39, 0.29) is 30.2 Å². The van der Waals surface area contributed by atoms with E-state index in [1.165, 1.54) is 13.3 Å². The number of rotatable bonds is 6. The highest BCUT2D eigenvalue weighted by molar-refractivity contribution is 6.30. The van der Waals surface area contributed by atoms with E-state index in [1.807, 2.05) is 17.0 Å². The number of likely N-dealkylation sites (tertiary alicyclic amines) is 1. The Morgan fingerprint density at radius 1 is 1.03 bits per heavy atom. The summed E-state index contributed by atoms with van der Waals surface area (Å²) in [5.74, 6) is 0.216. The van der Waals surface area contributed by atoms with Crippen LogP contribution in [0.3, 0.4) is 0 Å². The number of nitrogens with one attached hydrogen (secondary N) is 2. The first-order chi connectivity index (χ1) is 14.4. The van der Waals surface area contributed by atoms with Gasteiger partial charge < -0.3 is 15.5 Å². The van der Waals surface area contributed by atoms with E-state index in [0.717, 1.165) is 44.1 Å². The van der Waals surface area contributed by atoms with Gasteiger partial charge in [-0.15, -0.1) is 0 Å². The summed E-state index contributed by atoms with van der Waals surface area (Å²) in [6.45, 7) is 2.85. The van der Waals surface area contributed by atoms with Gasteiger partial charge in [0.2, 0.25) is 17.7 Å². The van der Waals surface area contributed by atoms with Gasteiger partial charge in [-0.3, -0.25) is 14.4 Å². The van der Waals surface area contributed by atoms with Crippen LogP contribution in [0.1, 0.15) is 69.9 Å². The van der Waals surface area contributed by atoms with Crippen molar-refractivity contribution in [3.63, 3.8) is 0 Å². The summed E-state index contributed by atoms with van der Waals surface area (Å²) in [6, 6.07) is 6.83. The lowest BCUT2D eigenvalue weighted by Gasteiger charge is -2.35. The lowest BCUT2D eigenvalue weighted by molar-refractivity contribution is -0.137. The lowest BCUT2D eigenvalue weighted by atomic mass is 9.87. The molecule has 30 heavy (non-hydrogen) atoms. The molecule has 3 rings (SSSR count). The Bertz CT molecular complexity index is 739. The zero-order chi connectivity index (χ0) is 21.5. The number of hydrogen-bond donors (Lipinski definition) is 2. The molecule has 1 unspecified atom stereocenters. The Hall–Kier alpha value is -2.08. The second-order valence-electron chi connectivity index (χ2n) is 8.51. The van der Waals surface area contributed by atoms with Gasteiger partial charge >= 0.3 is 0 Å². The third kappa shape index (κ3) is 6.46. The van der Waals surface area contributed by atoms with Crippen LogP contribution in [0.5, 0.6) is 0 Å². The van der Waals surface area contributed by atoms with Crippen molar-refractivity contribution in [2.75, 3.05) is 13.1 Å². The summed E-state index contributed by atoms with van der Waals surface area (Å²) in [7, 11) is 0. The molecule has 164 valence electrons. The van der Waals surface area contributed by atoms with Crippen molar-refractivity contribution in [2.45, 2.75) is 70.4 Å². The number of amides is 3. The van der Waals surface area contributed by atoms with Crippen LogP contribution in [0.25, 0.3) is 0 Å². The molecule has 7 heteroatoms. The van der Waals surface area contributed by atoms with E-state index < -0.39 is 6.04 Å². The van der Waals surface area contributed by atoms with Crippen LogP contribution in [0.2, 0.25) is 5.02 Å². The number of benzene rings is 1. The summed E-state index contributed by atoms with van der Waals surface area (Å²) >= 11 is 5.95. The molecule has 6 nitrogen and oxygen atoms in total.